The summed E-state index contributed by atoms with van der Waals surface area (Å²) in [6.45, 7) is 3.33. The van der Waals surface area contributed by atoms with E-state index >= 15 is 0 Å². The maximum atomic E-state index is 13.4. The van der Waals surface area contributed by atoms with Gasteiger partial charge in [0.25, 0.3) is 0 Å². The Labute approximate surface area is 241 Å². The van der Waals surface area contributed by atoms with Crippen molar-refractivity contribution in [1.29, 1.82) is 0 Å². The lowest BCUT2D eigenvalue weighted by Gasteiger charge is -2.27. The molecule has 0 aliphatic heterocycles. The van der Waals surface area contributed by atoms with E-state index in [9.17, 15) is 34.2 Å². The van der Waals surface area contributed by atoms with Gasteiger partial charge in [-0.2, -0.15) is 0 Å². The maximum Gasteiger partial charge on any atom is 0.326 e. The lowest BCUT2D eigenvalue weighted by Crippen LogP contribution is -2.59. The normalized spacial score (nSPS) is 14.0. The minimum atomic E-state index is -1.43. The van der Waals surface area contributed by atoms with E-state index in [2.05, 4.69) is 20.9 Å². The predicted octanol–water partition coefficient (Wildman–Crippen LogP) is 0.656. The average Bonchev–Trinajstić information content (AvgIpc) is 3.34. The Morgan fingerprint density at radius 1 is 0.833 bits per heavy atom. The van der Waals surface area contributed by atoms with Gasteiger partial charge in [0.2, 0.25) is 17.7 Å². The van der Waals surface area contributed by atoms with Gasteiger partial charge in [-0.25, -0.2) is 4.79 Å². The summed E-state index contributed by atoms with van der Waals surface area (Å²) in [4.78, 5) is 65.4. The van der Waals surface area contributed by atoms with Crippen LogP contribution >= 0.6 is 0 Å². The van der Waals surface area contributed by atoms with Gasteiger partial charge in [-0.15, -0.1) is 0 Å². The summed E-state index contributed by atoms with van der Waals surface area (Å²) in [7, 11) is 0. The number of phenols is 1. The first kappa shape index (κ1) is 31.6. The molecule has 0 bridgehead atoms. The third-order valence-corrected chi connectivity index (χ3v) is 6.70. The maximum absolute atomic E-state index is 13.4. The Kier molecular flexibility index (Phi) is 10.6. The number of amides is 3. The molecule has 13 nitrogen and oxygen atoms in total. The molecular formula is C29H35N5O8. The largest absolute Gasteiger partial charge is 0.508 e. The summed E-state index contributed by atoms with van der Waals surface area (Å²) in [6.07, 6.45) is 0.941. The monoisotopic (exact) mass is 581 g/mol. The Bertz CT molecular complexity index is 1440. The van der Waals surface area contributed by atoms with Gasteiger partial charge in [0, 0.05) is 29.9 Å². The fraction of sp³-hybridized carbons (Fsp3) is 0.345. The van der Waals surface area contributed by atoms with Crippen LogP contribution in [0.15, 0.2) is 54.7 Å². The van der Waals surface area contributed by atoms with Crippen molar-refractivity contribution < 1.29 is 39.3 Å². The molecule has 4 atom stereocenters. The molecule has 0 aliphatic carbocycles. The smallest absolute Gasteiger partial charge is 0.326 e. The van der Waals surface area contributed by atoms with Gasteiger partial charge in [-0.3, -0.25) is 19.2 Å². The molecule has 3 rings (SSSR count). The second kappa shape index (κ2) is 14.1. The number of aromatic nitrogens is 1. The first-order chi connectivity index (χ1) is 19.8. The van der Waals surface area contributed by atoms with Crippen molar-refractivity contribution in [3.8, 4) is 5.75 Å². The molecule has 1 heterocycles. The van der Waals surface area contributed by atoms with Crippen LogP contribution < -0.4 is 21.7 Å². The number of carbonyl (C=O) groups excluding carboxylic acids is 3. The fourth-order valence-corrected chi connectivity index (χ4v) is 4.41. The van der Waals surface area contributed by atoms with E-state index in [4.69, 9.17) is 10.8 Å². The second-order valence-electron chi connectivity index (χ2n) is 10.3. The van der Waals surface area contributed by atoms with Crippen molar-refractivity contribution in [3.63, 3.8) is 0 Å². The lowest BCUT2D eigenvalue weighted by atomic mass is 9.99. The highest BCUT2D eigenvalue weighted by molar-refractivity contribution is 5.95. The number of hydrogen-bond donors (Lipinski definition) is 8. The van der Waals surface area contributed by atoms with Crippen LogP contribution in [-0.2, 0) is 36.8 Å². The highest BCUT2D eigenvalue weighted by atomic mass is 16.4. The molecule has 13 heteroatoms. The van der Waals surface area contributed by atoms with Crippen molar-refractivity contribution in [3.05, 3.63) is 65.9 Å². The number of nitrogens with one attached hydrogen (secondary N) is 4. The molecule has 3 amide bonds. The molecule has 0 fully saturated rings. The predicted molar refractivity (Wildman–Crippen MR) is 152 cm³/mol. The molecule has 0 saturated heterocycles. The quantitative estimate of drug-likeness (QED) is 0.134. The molecule has 42 heavy (non-hydrogen) atoms. The van der Waals surface area contributed by atoms with Gasteiger partial charge in [-0.05, 0) is 35.2 Å². The summed E-state index contributed by atoms with van der Waals surface area (Å²) in [5.41, 5.74) is 7.73. The number of aromatic amines is 1. The third-order valence-electron chi connectivity index (χ3n) is 6.70. The number of rotatable bonds is 14. The third kappa shape index (κ3) is 8.54. The van der Waals surface area contributed by atoms with Crippen LogP contribution in [0.1, 0.15) is 31.4 Å². The van der Waals surface area contributed by atoms with Crippen molar-refractivity contribution in [2.75, 3.05) is 0 Å². The van der Waals surface area contributed by atoms with E-state index in [1.807, 2.05) is 24.3 Å². The number of carbonyl (C=O) groups is 5. The highest BCUT2D eigenvalue weighted by Crippen LogP contribution is 2.19. The molecule has 0 spiro atoms. The van der Waals surface area contributed by atoms with Crippen molar-refractivity contribution in [2.45, 2.75) is 57.3 Å². The number of para-hydroxylation sites is 1. The number of fused-ring (bicyclic) bond motifs is 1. The number of nitrogens with two attached hydrogens (primary N) is 1. The minimum Gasteiger partial charge on any atom is -0.508 e. The number of hydrogen-bond acceptors (Lipinski definition) is 7. The van der Waals surface area contributed by atoms with Gasteiger partial charge in [-0.1, -0.05) is 44.2 Å². The number of aliphatic carboxylic acids is 2. The first-order valence-corrected chi connectivity index (χ1v) is 13.3. The summed E-state index contributed by atoms with van der Waals surface area (Å²) < 4.78 is 0. The van der Waals surface area contributed by atoms with Crippen molar-refractivity contribution in [1.82, 2.24) is 20.9 Å². The van der Waals surface area contributed by atoms with Gasteiger partial charge in [0.15, 0.2) is 0 Å². The van der Waals surface area contributed by atoms with E-state index in [0.717, 1.165) is 10.9 Å². The van der Waals surface area contributed by atoms with E-state index in [0.29, 0.717) is 11.1 Å². The van der Waals surface area contributed by atoms with Crippen LogP contribution in [0.5, 0.6) is 5.75 Å². The van der Waals surface area contributed by atoms with Gasteiger partial charge in [0.05, 0.1) is 12.5 Å². The van der Waals surface area contributed by atoms with Crippen LogP contribution in [0.4, 0.5) is 0 Å². The molecule has 9 N–H and O–H groups in total. The molecule has 4 unspecified atom stereocenters. The molecule has 224 valence electrons. The summed E-state index contributed by atoms with van der Waals surface area (Å²) >= 11 is 0. The van der Waals surface area contributed by atoms with E-state index in [-0.39, 0.29) is 18.6 Å². The number of carboxylic acids is 2. The fourth-order valence-electron chi connectivity index (χ4n) is 4.41. The van der Waals surface area contributed by atoms with Gasteiger partial charge < -0.3 is 42.0 Å². The number of H-pyrrole nitrogens is 1. The highest BCUT2D eigenvalue weighted by Gasteiger charge is 2.32. The van der Waals surface area contributed by atoms with E-state index < -0.39 is 66.2 Å². The van der Waals surface area contributed by atoms with Crippen molar-refractivity contribution >= 4 is 40.6 Å². The standard InChI is InChI=1S/C29H35N5O8/c1-15(2)25(28(40)33-23(29(41)42)12-17-14-31-21-6-4-3-5-19(17)21)34-27(39)22(11-16-7-9-18(35)10-8-16)32-26(38)20(30)13-24(36)37/h3-10,14-15,20,22-23,25,31,35H,11-13,30H2,1-2H3,(H,32,38)(H,33,40)(H,34,39)(H,36,37)(H,41,42). The van der Waals surface area contributed by atoms with Crippen LogP contribution in [0.25, 0.3) is 10.9 Å². The lowest BCUT2D eigenvalue weighted by molar-refractivity contribution is -0.142. The van der Waals surface area contributed by atoms with Crippen LogP contribution in [0.3, 0.4) is 0 Å². The van der Waals surface area contributed by atoms with Crippen LogP contribution in [0, 0.1) is 5.92 Å². The van der Waals surface area contributed by atoms with E-state index in [1.165, 1.54) is 24.3 Å². The zero-order valence-corrected chi connectivity index (χ0v) is 23.2. The molecule has 0 saturated carbocycles. The average molecular weight is 582 g/mol. The summed E-state index contributed by atoms with van der Waals surface area (Å²) in [6, 6.07) is 8.04. The molecule has 1 aromatic heterocycles. The van der Waals surface area contributed by atoms with Crippen LogP contribution in [-0.4, -0.2) is 74.1 Å². The van der Waals surface area contributed by atoms with Gasteiger partial charge in [0.1, 0.15) is 23.9 Å². The Hall–Kier alpha value is -4.91. The number of benzene rings is 2. The number of carboxylic acid groups (broad SMARTS) is 2. The zero-order valence-electron chi connectivity index (χ0n) is 23.2. The number of aromatic hydroxyl groups is 1. The zero-order chi connectivity index (χ0) is 31.0. The molecule has 2 aromatic carbocycles. The Morgan fingerprint density at radius 3 is 2.10 bits per heavy atom. The Morgan fingerprint density at radius 2 is 1.48 bits per heavy atom. The Balaban J connectivity index is 1.77. The second-order valence-corrected chi connectivity index (χ2v) is 10.3. The van der Waals surface area contributed by atoms with Gasteiger partial charge >= 0.3 is 11.9 Å². The molecule has 0 radical (unpaired) electrons. The SMILES string of the molecule is CC(C)C(NC(=O)C(Cc1ccc(O)cc1)NC(=O)C(N)CC(=O)O)C(=O)NC(Cc1c[nH]c2ccccc12)C(=O)O. The first-order valence-electron chi connectivity index (χ1n) is 13.3. The van der Waals surface area contributed by atoms with Crippen molar-refractivity contribution in [2.24, 2.45) is 11.7 Å². The minimum absolute atomic E-state index is 0.00908. The van der Waals surface area contributed by atoms with Crippen LogP contribution in [0.2, 0.25) is 0 Å². The molecule has 3 aromatic rings. The van der Waals surface area contributed by atoms with E-state index in [1.54, 1.807) is 20.0 Å². The summed E-state index contributed by atoms with van der Waals surface area (Å²) in [5, 5.41) is 36.8. The number of phenolic OH excluding ortho intramolecular Hbond substituents is 1. The summed E-state index contributed by atoms with van der Waals surface area (Å²) in [5.74, 6) is -5.42. The molecule has 0 aliphatic rings. The topological polar surface area (TPSA) is 224 Å². The molecular weight excluding hydrogens is 546 g/mol.